The molecule has 2 heterocycles. The van der Waals surface area contributed by atoms with Crippen molar-refractivity contribution >= 4 is 5.91 Å². The molecule has 0 saturated carbocycles. The summed E-state index contributed by atoms with van der Waals surface area (Å²) in [6.07, 6.45) is 1.88. The number of aryl methyl sites for hydroxylation is 2. The van der Waals surface area contributed by atoms with E-state index in [1.807, 2.05) is 0 Å². The zero-order valence-corrected chi connectivity index (χ0v) is 11.2. The molecule has 0 aliphatic heterocycles. The molecule has 2 aromatic heterocycles. The topological polar surface area (TPSA) is 96.7 Å². The molecule has 2 rings (SSSR count). The van der Waals surface area contributed by atoms with Crippen LogP contribution in [0.15, 0.2) is 10.6 Å². The lowest BCUT2D eigenvalue weighted by Gasteiger charge is -2.07. The monoisotopic (exact) mass is 263 g/mol. The lowest BCUT2D eigenvalue weighted by molar-refractivity contribution is 0.0933. The Labute approximate surface area is 110 Å². The molecule has 0 aliphatic rings. The number of nitrogens with zero attached hydrogens (tertiary/aromatic N) is 3. The van der Waals surface area contributed by atoms with Gasteiger partial charge in [0.15, 0.2) is 5.82 Å². The van der Waals surface area contributed by atoms with Crippen LogP contribution in [0.25, 0.3) is 0 Å². The van der Waals surface area contributed by atoms with E-state index in [1.165, 1.54) is 0 Å². The van der Waals surface area contributed by atoms with Gasteiger partial charge in [-0.05, 0) is 19.4 Å². The van der Waals surface area contributed by atoms with E-state index in [-0.39, 0.29) is 11.9 Å². The SMILES string of the molecule is CCCc1cc(C(=O)N[C@H](C)c2noc(C)n2)n[nH]1. The van der Waals surface area contributed by atoms with Crippen molar-refractivity contribution in [2.45, 2.75) is 39.7 Å². The molecule has 0 spiro atoms. The molecule has 19 heavy (non-hydrogen) atoms. The molecule has 0 saturated heterocycles. The maximum atomic E-state index is 12.0. The highest BCUT2D eigenvalue weighted by molar-refractivity contribution is 5.92. The molecule has 0 fully saturated rings. The van der Waals surface area contributed by atoms with E-state index in [1.54, 1.807) is 19.9 Å². The normalized spacial score (nSPS) is 12.4. The highest BCUT2D eigenvalue weighted by atomic mass is 16.5. The molecule has 2 N–H and O–H groups in total. The van der Waals surface area contributed by atoms with Gasteiger partial charge in [0.2, 0.25) is 5.89 Å². The van der Waals surface area contributed by atoms with E-state index in [4.69, 9.17) is 4.52 Å². The van der Waals surface area contributed by atoms with Gasteiger partial charge in [-0.3, -0.25) is 9.89 Å². The molecule has 0 unspecified atom stereocenters. The van der Waals surface area contributed by atoms with Crippen LogP contribution >= 0.6 is 0 Å². The Morgan fingerprint density at radius 1 is 1.58 bits per heavy atom. The highest BCUT2D eigenvalue weighted by Gasteiger charge is 2.17. The van der Waals surface area contributed by atoms with E-state index in [0.29, 0.717) is 17.4 Å². The zero-order chi connectivity index (χ0) is 13.8. The van der Waals surface area contributed by atoms with Crippen molar-refractivity contribution in [1.29, 1.82) is 0 Å². The van der Waals surface area contributed by atoms with E-state index < -0.39 is 0 Å². The number of carbonyl (C=O) groups is 1. The lowest BCUT2D eigenvalue weighted by Crippen LogP contribution is -2.27. The van der Waals surface area contributed by atoms with E-state index in [9.17, 15) is 4.79 Å². The van der Waals surface area contributed by atoms with Gasteiger partial charge in [0.25, 0.3) is 5.91 Å². The summed E-state index contributed by atoms with van der Waals surface area (Å²) in [4.78, 5) is 16.0. The number of hydrogen-bond acceptors (Lipinski definition) is 5. The number of rotatable bonds is 5. The van der Waals surface area contributed by atoms with Gasteiger partial charge in [0, 0.05) is 12.6 Å². The van der Waals surface area contributed by atoms with Crippen molar-refractivity contribution in [3.05, 3.63) is 29.2 Å². The maximum absolute atomic E-state index is 12.0. The van der Waals surface area contributed by atoms with Crippen molar-refractivity contribution in [3.8, 4) is 0 Å². The Kier molecular flexibility index (Phi) is 3.94. The minimum absolute atomic E-state index is 0.256. The fourth-order valence-electron chi connectivity index (χ4n) is 1.70. The summed E-state index contributed by atoms with van der Waals surface area (Å²) >= 11 is 0. The standard InChI is InChI=1S/C12H17N5O2/c1-4-5-9-6-10(16-15-9)12(18)13-7(2)11-14-8(3)19-17-11/h6-7H,4-5H2,1-3H3,(H,13,18)(H,15,16)/t7-/m1/s1. The Balaban J connectivity index is 1.99. The van der Waals surface area contributed by atoms with E-state index in [0.717, 1.165) is 18.5 Å². The van der Waals surface area contributed by atoms with E-state index in [2.05, 4.69) is 32.6 Å². The molecule has 1 atom stereocenters. The number of H-pyrrole nitrogens is 1. The van der Waals surface area contributed by atoms with Crippen LogP contribution in [0.3, 0.4) is 0 Å². The summed E-state index contributed by atoms with van der Waals surface area (Å²) in [7, 11) is 0. The number of aromatic amines is 1. The van der Waals surface area contributed by atoms with Crippen LogP contribution in [0.4, 0.5) is 0 Å². The number of carbonyl (C=O) groups excluding carboxylic acids is 1. The molecule has 0 bridgehead atoms. The summed E-state index contributed by atoms with van der Waals surface area (Å²) < 4.78 is 4.87. The quantitative estimate of drug-likeness (QED) is 0.853. The summed E-state index contributed by atoms with van der Waals surface area (Å²) in [6.45, 7) is 5.57. The number of amides is 1. The fraction of sp³-hybridized carbons (Fsp3) is 0.500. The predicted molar refractivity (Wildman–Crippen MR) is 67.5 cm³/mol. The third kappa shape index (κ3) is 3.18. The average molecular weight is 263 g/mol. The highest BCUT2D eigenvalue weighted by Crippen LogP contribution is 2.09. The second-order valence-corrected chi connectivity index (χ2v) is 4.40. The molecule has 0 aliphatic carbocycles. The van der Waals surface area contributed by atoms with Gasteiger partial charge in [0.1, 0.15) is 5.69 Å². The van der Waals surface area contributed by atoms with Gasteiger partial charge in [-0.2, -0.15) is 10.1 Å². The van der Waals surface area contributed by atoms with Crippen molar-refractivity contribution in [2.75, 3.05) is 0 Å². The first-order valence-corrected chi connectivity index (χ1v) is 6.25. The van der Waals surface area contributed by atoms with Crippen molar-refractivity contribution in [2.24, 2.45) is 0 Å². The molecule has 7 heteroatoms. The number of aromatic nitrogens is 4. The van der Waals surface area contributed by atoms with Crippen LogP contribution in [0.1, 0.15) is 54.2 Å². The maximum Gasteiger partial charge on any atom is 0.272 e. The van der Waals surface area contributed by atoms with Crippen LogP contribution < -0.4 is 5.32 Å². The van der Waals surface area contributed by atoms with Gasteiger partial charge >= 0.3 is 0 Å². The van der Waals surface area contributed by atoms with Crippen LogP contribution in [-0.4, -0.2) is 26.2 Å². The zero-order valence-electron chi connectivity index (χ0n) is 11.2. The van der Waals surface area contributed by atoms with Gasteiger partial charge in [-0.1, -0.05) is 18.5 Å². The fourth-order valence-corrected chi connectivity index (χ4v) is 1.70. The second kappa shape index (κ2) is 5.64. The van der Waals surface area contributed by atoms with Crippen LogP contribution in [0, 0.1) is 6.92 Å². The van der Waals surface area contributed by atoms with Crippen molar-refractivity contribution < 1.29 is 9.32 Å². The van der Waals surface area contributed by atoms with Gasteiger partial charge in [-0.25, -0.2) is 0 Å². The minimum Gasteiger partial charge on any atom is -0.341 e. The first kappa shape index (κ1) is 13.3. The number of nitrogens with one attached hydrogen (secondary N) is 2. The summed E-state index contributed by atoms with van der Waals surface area (Å²) in [5, 5.41) is 13.4. The van der Waals surface area contributed by atoms with Gasteiger partial charge in [-0.15, -0.1) is 0 Å². The molecular formula is C12H17N5O2. The van der Waals surface area contributed by atoms with E-state index >= 15 is 0 Å². The van der Waals surface area contributed by atoms with Crippen LogP contribution in [0.5, 0.6) is 0 Å². The Bertz CT molecular complexity index is 560. The molecule has 0 aromatic carbocycles. The molecule has 102 valence electrons. The van der Waals surface area contributed by atoms with Crippen molar-refractivity contribution in [3.63, 3.8) is 0 Å². The summed E-state index contributed by atoms with van der Waals surface area (Å²) in [5.41, 5.74) is 1.33. The largest absolute Gasteiger partial charge is 0.341 e. The van der Waals surface area contributed by atoms with Crippen LogP contribution in [-0.2, 0) is 6.42 Å². The summed E-state index contributed by atoms with van der Waals surface area (Å²) in [6, 6.07) is 1.43. The van der Waals surface area contributed by atoms with Crippen molar-refractivity contribution in [1.82, 2.24) is 25.7 Å². The smallest absolute Gasteiger partial charge is 0.272 e. The van der Waals surface area contributed by atoms with Gasteiger partial charge in [0.05, 0.1) is 6.04 Å². The third-order valence-electron chi connectivity index (χ3n) is 2.66. The molecule has 0 radical (unpaired) electrons. The molecule has 1 amide bonds. The Morgan fingerprint density at radius 2 is 2.37 bits per heavy atom. The lowest BCUT2D eigenvalue weighted by atomic mass is 10.2. The first-order valence-electron chi connectivity index (χ1n) is 6.25. The summed E-state index contributed by atoms with van der Waals surface area (Å²) in [5.74, 6) is 0.671. The Hall–Kier alpha value is -2.18. The predicted octanol–water partition coefficient (Wildman–Crippen LogP) is 1.54. The van der Waals surface area contributed by atoms with Gasteiger partial charge < -0.3 is 9.84 Å². The first-order chi connectivity index (χ1) is 9.10. The number of hydrogen-bond donors (Lipinski definition) is 2. The third-order valence-corrected chi connectivity index (χ3v) is 2.66. The molecule has 7 nitrogen and oxygen atoms in total. The molecule has 2 aromatic rings. The van der Waals surface area contributed by atoms with Crippen LogP contribution in [0.2, 0.25) is 0 Å². The molecular weight excluding hydrogens is 246 g/mol. The minimum atomic E-state index is -0.323. The average Bonchev–Trinajstić information content (AvgIpc) is 2.98. The Morgan fingerprint density at radius 3 is 3.00 bits per heavy atom. The second-order valence-electron chi connectivity index (χ2n) is 4.40.